The largest absolute Gasteiger partial charge is 0.309 e. The van der Waals surface area contributed by atoms with Gasteiger partial charge in [0, 0.05) is 6.54 Å². The Kier molecular flexibility index (Phi) is 5.86. The van der Waals surface area contributed by atoms with Crippen molar-refractivity contribution in [3.05, 3.63) is 33.3 Å². The number of nitrogens with zero attached hydrogens (tertiary/aromatic N) is 5. The molecule has 1 aromatic carbocycles. The number of benzene rings is 1. The number of hydrogen-bond acceptors (Lipinski definition) is 7. The highest BCUT2D eigenvalue weighted by Gasteiger charge is 2.25. The van der Waals surface area contributed by atoms with Crippen molar-refractivity contribution in [3.63, 3.8) is 0 Å². The number of fused-ring (bicyclic) bond motifs is 1. The first-order valence-corrected chi connectivity index (χ1v) is 10.2. The third-order valence-corrected chi connectivity index (χ3v) is 6.35. The average molecular weight is 410 g/mol. The van der Waals surface area contributed by atoms with Crippen LogP contribution in [0.15, 0.2) is 12.1 Å². The van der Waals surface area contributed by atoms with Gasteiger partial charge in [0.1, 0.15) is 4.88 Å². The summed E-state index contributed by atoms with van der Waals surface area (Å²) in [5.41, 5.74) is 2.54. The van der Waals surface area contributed by atoms with E-state index in [0.717, 1.165) is 40.3 Å². The molecule has 138 valence electrons. The molecule has 0 radical (unpaired) electrons. The molecular weight excluding hydrogens is 390 g/mol. The molecule has 0 aliphatic carbocycles. The molecule has 0 saturated heterocycles. The minimum Gasteiger partial charge on any atom is -0.309 e. The summed E-state index contributed by atoms with van der Waals surface area (Å²) in [6.07, 6.45) is 0.840. The molecular formula is C17H20ClN5OS2. The lowest BCUT2D eigenvalue weighted by Crippen LogP contribution is -2.33. The van der Waals surface area contributed by atoms with Gasteiger partial charge in [-0.3, -0.25) is 9.69 Å². The van der Waals surface area contributed by atoms with Crippen LogP contribution in [0.25, 0.3) is 10.2 Å². The normalized spacial score (nSPS) is 11.5. The zero-order chi connectivity index (χ0) is 18.8. The second-order valence-electron chi connectivity index (χ2n) is 6.34. The van der Waals surface area contributed by atoms with Crippen LogP contribution in [0.2, 0.25) is 5.02 Å². The molecule has 0 aliphatic rings. The van der Waals surface area contributed by atoms with Crippen LogP contribution < -0.4 is 4.90 Å². The number of amides is 1. The van der Waals surface area contributed by atoms with Crippen molar-refractivity contribution in [1.82, 2.24) is 19.5 Å². The van der Waals surface area contributed by atoms with Gasteiger partial charge in [0.2, 0.25) is 0 Å². The Bertz CT molecular complexity index is 898. The third kappa shape index (κ3) is 3.88. The van der Waals surface area contributed by atoms with Gasteiger partial charge in [0.25, 0.3) is 5.91 Å². The number of anilines is 1. The summed E-state index contributed by atoms with van der Waals surface area (Å²) < 4.78 is 4.80. The number of halogens is 1. The number of carbonyl (C=O) groups is 1. The first-order valence-electron chi connectivity index (χ1n) is 8.19. The fourth-order valence-corrected chi connectivity index (χ4v) is 4.53. The summed E-state index contributed by atoms with van der Waals surface area (Å²) in [6.45, 7) is 5.25. The molecule has 2 heterocycles. The summed E-state index contributed by atoms with van der Waals surface area (Å²) in [5.74, 6) is -0.107. The van der Waals surface area contributed by atoms with Crippen LogP contribution in [0.4, 0.5) is 5.13 Å². The van der Waals surface area contributed by atoms with E-state index in [-0.39, 0.29) is 5.91 Å². The van der Waals surface area contributed by atoms with Gasteiger partial charge in [-0.1, -0.05) is 33.5 Å². The number of aryl methyl sites for hydroxylation is 2. The molecule has 0 unspecified atom stereocenters. The van der Waals surface area contributed by atoms with Crippen molar-refractivity contribution in [2.24, 2.45) is 0 Å². The predicted molar refractivity (Wildman–Crippen MR) is 109 cm³/mol. The number of aromatic nitrogens is 3. The lowest BCUT2D eigenvalue weighted by molar-refractivity contribution is 0.0989. The zero-order valence-electron chi connectivity index (χ0n) is 15.1. The van der Waals surface area contributed by atoms with Crippen molar-refractivity contribution in [1.29, 1.82) is 0 Å². The van der Waals surface area contributed by atoms with E-state index in [1.807, 2.05) is 33.2 Å². The summed E-state index contributed by atoms with van der Waals surface area (Å²) >= 11 is 8.91. The van der Waals surface area contributed by atoms with Crippen molar-refractivity contribution in [2.75, 3.05) is 32.1 Å². The maximum absolute atomic E-state index is 13.1. The number of thiazole rings is 1. The average Bonchev–Trinajstić information content (AvgIpc) is 3.21. The lowest BCUT2D eigenvalue weighted by Gasteiger charge is -2.20. The summed E-state index contributed by atoms with van der Waals surface area (Å²) in [4.78, 5) is 22.2. The SMILES string of the molecule is Cc1nnsc1C(=O)N(CCCN(C)C)c1nc2c(C)ccc(Cl)c2s1. The van der Waals surface area contributed by atoms with Gasteiger partial charge in [0.05, 0.1) is 20.9 Å². The first kappa shape index (κ1) is 19.2. The second kappa shape index (κ2) is 7.96. The van der Waals surface area contributed by atoms with Crippen LogP contribution in [-0.4, -0.2) is 52.6 Å². The van der Waals surface area contributed by atoms with Gasteiger partial charge in [-0.2, -0.15) is 0 Å². The minimum atomic E-state index is -0.107. The van der Waals surface area contributed by atoms with Crippen LogP contribution in [0.3, 0.4) is 0 Å². The van der Waals surface area contributed by atoms with Gasteiger partial charge >= 0.3 is 0 Å². The van der Waals surface area contributed by atoms with Crippen LogP contribution in [0.5, 0.6) is 0 Å². The van der Waals surface area contributed by atoms with Crippen LogP contribution in [-0.2, 0) is 0 Å². The molecule has 0 saturated carbocycles. The van der Waals surface area contributed by atoms with Crippen LogP contribution in [0, 0.1) is 13.8 Å². The topological polar surface area (TPSA) is 62.2 Å². The molecule has 0 atom stereocenters. The lowest BCUT2D eigenvalue weighted by atomic mass is 10.2. The fraction of sp³-hybridized carbons (Fsp3) is 0.412. The van der Waals surface area contributed by atoms with Crippen LogP contribution in [0.1, 0.15) is 27.3 Å². The highest BCUT2D eigenvalue weighted by Crippen LogP contribution is 2.36. The Labute approximate surface area is 165 Å². The quantitative estimate of drug-likeness (QED) is 0.615. The van der Waals surface area contributed by atoms with E-state index >= 15 is 0 Å². The van der Waals surface area contributed by atoms with Crippen molar-refractivity contribution < 1.29 is 4.79 Å². The van der Waals surface area contributed by atoms with E-state index in [1.54, 1.807) is 11.8 Å². The molecule has 1 amide bonds. The second-order valence-corrected chi connectivity index (χ2v) is 8.48. The van der Waals surface area contributed by atoms with E-state index in [9.17, 15) is 4.79 Å². The Morgan fingerprint density at radius 2 is 2.00 bits per heavy atom. The van der Waals surface area contributed by atoms with E-state index < -0.39 is 0 Å². The fourth-order valence-electron chi connectivity index (χ4n) is 2.59. The summed E-state index contributed by atoms with van der Waals surface area (Å²) in [7, 11) is 4.04. The molecule has 2 aromatic heterocycles. The van der Waals surface area contributed by atoms with Gasteiger partial charge in [-0.15, -0.1) is 5.10 Å². The maximum atomic E-state index is 13.1. The summed E-state index contributed by atoms with van der Waals surface area (Å²) in [5, 5.41) is 5.29. The summed E-state index contributed by atoms with van der Waals surface area (Å²) in [6, 6.07) is 3.82. The smallest absolute Gasteiger partial charge is 0.273 e. The Morgan fingerprint density at radius 3 is 2.62 bits per heavy atom. The van der Waals surface area contributed by atoms with E-state index in [2.05, 4.69) is 14.5 Å². The van der Waals surface area contributed by atoms with E-state index in [4.69, 9.17) is 16.6 Å². The van der Waals surface area contributed by atoms with Crippen molar-refractivity contribution in [3.8, 4) is 0 Å². The molecule has 3 rings (SSSR count). The molecule has 0 fully saturated rings. The predicted octanol–water partition coefficient (Wildman–Crippen LogP) is 4.02. The zero-order valence-corrected chi connectivity index (χ0v) is 17.5. The first-order chi connectivity index (χ1) is 12.4. The monoisotopic (exact) mass is 409 g/mol. The van der Waals surface area contributed by atoms with Crippen LogP contribution >= 0.6 is 34.5 Å². The maximum Gasteiger partial charge on any atom is 0.273 e. The Morgan fingerprint density at radius 1 is 1.23 bits per heavy atom. The number of rotatable bonds is 6. The minimum absolute atomic E-state index is 0.107. The molecule has 0 aliphatic heterocycles. The van der Waals surface area contributed by atoms with E-state index in [0.29, 0.717) is 27.3 Å². The van der Waals surface area contributed by atoms with Crippen molar-refractivity contribution >= 4 is 55.7 Å². The number of hydrogen-bond donors (Lipinski definition) is 0. The van der Waals surface area contributed by atoms with Gasteiger partial charge < -0.3 is 4.90 Å². The van der Waals surface area contributed by atoms with Gasteiger partial charge in [-0.05, 0) is 64.1 Å². The highest BCUT2D eigenvalue weighted by molar-refractivity contribution is 7.23. The molecule has 3 aromatic rings. The molecule has 26 heavy (non-hydrogen) atoms. The molecule has 0 N–H and O–H groups in total. The van der Waals surface area contributed by atoms with Crippen molar-refractivity contribution in [2.45, 2.75) is 20.3 Å². The standard InChI is InChI=1S/C17H20ClN5OS2/c1-10-6-7-12(18)15-13(10)19-17(25-15)23(9-5-8-22(3)4)16(24)14-11(2)20-21-26-14/h6-7H,5,8-9H2,1-4H3. The highest BCUT2D eigenvalue weighted by atomic mass is 35.5. The molecule has 0 spiro atoms. The molecule has 9 heteroatoms. The Balaban J connectivity index is 2.00. The van der Waals surface area contributed by atoms with Gasteiger partial charge in [0.15, 0.2) is 5.13 Å². The molecule has 0 bridgehead atoms. The molecule has 6 nitrogen and oxygen atoms in total. The third-order valence-electron chi connectivity index (χ3n) is 3.99. The Hall–Kier alpha value is -1.61. The van der Waals surface area contributed by atoms with E-state index in [1.165, 1.54) is 11.3 Å². The van der Waals surface area contributed by atoms with Gasteiger partial charge in [-0.25, -0.2) is 4.98 Å². The number of carbonyl (C=O) groups excluding carboxylic acids is 1.